The van der Waals surface area contributed by atoms with Crippen LogP contribution in [0.2, 0.25) is 0 Å². The number of fused-ring (bicyclic) bond motifs is 1. The van der Waals surface area contributed by atoms with E-state index in [4.69, 9.17) is 4.74 Å². The van der Waals surface area contributed by atoms with Crippen molar-refractivity contribution in [1.29, 1.82) is 0 Å². The van der Waals surface area contributed by atoms with Crippen molar-refractivity contribution in [3.8, 4) is 0 Å². The first-order valence-corrected chi connectivity index (χ1v) is 7.19. The van der Waals surface area contributed by atoms with Gasteiger partial charge in [-0.15, -0.1) is 0 Å². The molecule has 5 heteroatoms. The number of hydrogen-bond donors (Lipinski definition) is 0. The van der Waals surface area contributed by atoms with E-state index in [1.165, 1.54) is 5.56 Å². The van der Waals surface area contributed by atoms with E-state index in [0.29, 0.717) is 12.2 Å². The van der Waals surface area contributed by atoms with Gasteiger partial charge in [-0.1, -0.05) is 0 Å². The lowest BCUT2D eigenvalue weighted by atomic mass is 10.1. The molecule has 1 fully saturated rings. The maximum Gasteiger partial charge on any atom is 0.157 e. The van der Waals surface area contributed by atoms with Gasteiger partial charge in [0, 0.05) is 38.3 Å². The number of morpholine rings is 1. The van der Waals surface area contributed by atoms with Gasteiger partial charge in [0.1, 0.15) is 0 Å². The van der Waals surface area contributed by atoms with Crippen LogP contribution >= 0.6 is 0 Å². The summed E-state index contributed by atoms with van der Waals surface area (Å²) in [7, 11) is 1.94. The van der Waals surface area contributed by atoms with Crippen LogP contribution in [0.5, 0.6) is 0 Å². The molecule has 2 aromatic heterocycles. The second-order valence-electron chi connectivity index (χ2n) is 5.88. The molecule has 5 nitrogen and oxygen atoms in total. The smallest absolute Gasteiger partial charge is 0.157 e. The van der Waals surface area contributed by atoms with Gasteiger partial charge in [-0.25, -0.2) is 4.98 Å². The fraction of sp³-hybridized carbons (Fsp3) is 0.600. The molecule has 0 aromatic carbocycles. The van der Waals surface area contributed by atoms with Crippen molar-refractivity contribution in [2.45, 2.75) is 39.5 Å². The summed E-state index contributed by atoms with van der Waals surface area (Å²) in [4.78, 5) is 6.99. The number of aryl methyl sites for hydroxylation is 2. The molecule has 20 heavy (non-hydrogen) atoms. The average Bonchev–Trinajstić information content (AvgIpc) is 2.63. The summed E-state index contributed by atoms with van der Waals surface area (Å²) in [6, 6.07) is 2.22. The minimum absolute atomic E-state index is 0.301. The summed E-state index contributed by atoms with van der Waals surface area (Å²) >= 11 is 0. The van der Waals surface area contributed by atoms with Crippen molar-refractivity contribution in [3.63, 3.8) is 0 Å². The molecule has 0 N–H and O–H groups in total. The second kappa shape index (κ2) is 5.14. The van der Waals surface area contributed by atoms with Crippen molar-refractivity contribution < 1.29 is 4.74 Å². The predicted octanol–water partition coefficient (Wildman–Crippen LogP) is 1.89. The van der Waals surface area contributed by atoms with Gasteiger partial charge >= 0.3 is 0 Å². The summed E-state index contributed by atoms with van der Waals surface area (Å²) in [5.74, 6) is 0. The molecule has 3 heterocycles. The van der Waals surface area contributed by atoms with E-state index < -0.39 is 0 Å². The molecule has 0 unspecified atom stereocenters. The third kappa shape index (κ3) is 2.55. The molecule has 3 rings (SSSR count). The van der Waals surface area contributed by atoms with E-state index in [2.05, 4.69) is 34.9 Å². The lowest BCUT2D eigenvalue weighted by Crippen LogP contribution is -2.44. The molecule has 1 aliphatic rings. The molecule has 0 radical (unpaired) electrons. The van der Waals surface area contributed by atoms with Crippen LogP contribution in [-0.2, 0) is 18.3 Å². The maximum absolute atomic E-state index is 5.78. The van der Waals surface area contributed by atoms with Crippen LogP contribution in [0.25, 0.3) is 11.0 Å². The highest BCUT2D eigenvalue weighted by Crippen LogP contribution is 2.19. The van der Waals surface area contributed by atoms with Gasteiger partial charge in [0.05, 0.1) is 17.9 Å². The first-order chi connectivity index (χ1) is 9.52. The third-order valence-electron chi connectivity index (χ3n) is 3.82. The number of nitrogens with zero attached hydrogens (tertiary/aromatic N) is 4. The minimum Gasteiger partial charge on any atom is -0.373 e. The van der Waals surface area contributed by atoms with Crippen LogP contribution in [-0.4, -0.2) is 45.0 Å². The highest BCUT2D eigenvalue weighted by Gasteiger charge is 2.22. The predicted molar refractivity (Wildman–Crippen MR) is 78.5 cm³/mol. The van der Waals surface area contributed by atoms with Gasteiger partial charge in [-0.05, 0) is 32.4 Å². The maximum atomic E-state index is 5.78. The molecule has 1 aliphatic heterocycles. The van der Waals surface area contributed by atoms with Gasteiger partial charge in [0.25, 0.3) is 0 Å². The Morgan fingerprint density at radius 2 is 2.00 bits per heavy atom. The van der Waals surface area contributed by atoms with Crippen LogP contribution in [0.1, 0.15) is 25.1 Å². The van der Waals surface area contributed by atoms with Crippen LogP contribution in [0.15, 0.2) is 12.3 Å². The molecular weight excluding hydrogens is 252 g/mol. The van der Waals surface area contributed by atoms with E-state index in [0.717, 1.165) is 36.4 Å². The Morgan fingerprint density at radius 3 is 2.70 bits per heavy atom. The van der Waals surface area contributed by atoms with Crippen LogP contribution < -0.4 is 0 Å². The molecule has 2 atom stereocenters. The molecule has 0 saturated carbocycles. The van der Waals surface area contributed by atoms with E-state index in [9.17, 15) is 0 Å². The zero-order valence-electron chi connectivity index (χ0n) is 12.6. The summed E-state index contributed by atoms with van der Waals surface area (Å²) in [5, 5.41) is 5.57. The van der Waals surface area contributed by atoms with E-state index in [1.54, 1.807) is 0 Å². The standard InChI is InChI=1S/C15H22N4O/c1-10-7-19(8-11(2)20-10)9-13-5-14-12(3)17-18(4)15(14)16-6-13/h5-6,10-11H,7-9H2,1-4H3/t10-,11-/m0/s1. The molecule has 2 aromatic rings. The number of hydrogen-bond acceptors (Lipinski definition) is 4. The van der Waals surface area contributed by atoms with Gasteiger partial charge in [0.2, 0.25) is 0 Å². The minimum atomic E-state index is 0.301. The Bertz CT molecular complexity index is 612. The van der Waals surface area contributed by atoms with Crippen molar-refractivity contribution >= 4 is 11.0 Å². The molecular formula is C15H22N4O. The van der Waals surface area contributed by atoms with Gasteiger partial charge in [-0.3, -0.25) is 9.58 Å². The third-order valence-corrected chi connectivity index (χ3v) is 3.82. The highest BCUT2D eigenvalue weighted by molar-refractivity contribution is 5.78. The monoisotopic (exact) mass is 274 g/mol. The van der Waals surface area contributed by atoms with Crippen molar-refractivity contribution in [1.82, 2.24) is 19.7 Å². The normalized spacial score (nSPS) is 24.4. The van der Waals surface area contributed by atoms with Gasteiger partial charge in [0.15, 0.2) is 5.65 Å². The average molecular weight is 274 g/mol. The summed E-state index contributed by atoms with van der Waals surface area (Å²) in [6.07, 6.45) is 2.57. The highest BCUT2D eigenvalue weighted by atomic mass is 16.5. The fourth-order valence-electron chi connectivity index (χ4n) is 3.11. The quantitative estimate of drug-likeness (QED) is 0.838. The first kappa shape index (κ1) is 13.5. The van der Waals surface area contributed by atoms with Gasteiger partial charge in [-0.2, -0.15) is 5.10 Å². The zero-order valence-corrected chi connectivity index (χ0v) is 12.6. The van der Waals surface area contributed by atoms with E-state index in [-0.39, 0.29) is 0 Å². The number of pyridine rings is 1. The van der Waals surface area contributed by atoms with E-state index >= 15 is 0 Å². The number of rotatable bonds is 2. The summed E-state index contributed by atoms with van der Waals surface area (Å²) in [5.41, 5.74) is 3.24. The molecule has 1 saturated heterocycles. The lowest BCUT2D eigenvalue weighted by Gasteiger charge is -2.35. The van der Waals surface area contributed by atoms with Crippen molar-refractivity contribution in [2.75, 3.05) is 13.1 Å². The number of ether oxygens (including phenoxy) is 1. The second-order valence-corrected chi connectivity index (χ2v) is 5.88. The summed E-state index contributed by atoms with van der Waals surface area (Å²) < 4.78 is 7.62. The Hall–Kier alpha value is -1.46. The van der Waals surface area contributed by atoms with E-state index in [1.807, 2.05) is 24.9 Å². The SMILES string of the molecule is Cc1nn(C)c2ncc(CN3C[C@H](C)O[C@@H](C)C3)cc12. The van der Waals surface area contributed by atoms with Crippen LogP contribution in [0, 0.1) is 6.92 Å². The van der Waals surface area contributed by atoms with Crippen LogP contribution in [0.4, 0.5) is 0 Å². The van der Waals surface area contributed by atoms with Crippen molar-refractivity contribution in [3.05, 3.63) is 23.5 Å². The largest absolute Gasteiger partial charge is 0.373 e. The Morgan fingerprint density at radius 1 is 1.30 bits per heavy atom. The van der Waals surface area contributed by atoms with Gasteiger partial charge < -0.3 is 4.74 Å². The zero-order chi connectivity index (χ0) is 14.3. The van der Waals surface area contributed by atoms with Crippen molar-refractivity contribution in [2.24, 2.45) is 7.05 Å². The molecule has 108 valence electrons. The topological polar surface area (TPSA) is 43.2 Å². The summed E-state index contributed by atoms with van der Waals surface area (Å²) in [6.45, 7) is 9.19. The molecule has 0 aliphatic carbocycles. The number of aromatic nitrogens is 3. The molecule has 0 bridgehead atoms. The molecule has 0 amide bonds. The Kier molecular flexibility index (Phi) is 3.48. The first-order valence-electron chi connectivity index (χ1n) is 7.19. The fourth-order valence-corrected chi connectivity index (χ4v) is 3.11. The Labute approximate surface area is 119 Å². The van der Waals surface area contributed by atoms with Crippen LogP contribution in [0.3, 0.4) is 0 Å². The lowest BCUT2D eigenvalue weighted by molar-refractivity contribution is -0.0705. The Balaban J connectivity index is 1.82. The molecule has 0 spiro atoms.